The maximum atomic E-state index is 12.4. The van der Waals surface area contributed by atoms with Crippen molar-refractivity contribution in [3.63, 3.8) is 0 Å². The summed E-state index contributed by atoms with van der Waals surface area (Å²) in [6.07, 6.45) is 0.753. The van der Waals surface area contributed by atoms with Crippen LogP contribution in [0.25, 0.3) is 0 Å². The topological polar surface area (TPSA) is 41.1 Å². The SMILES string of the molecule is C[C@@H](NC(=O)C1Cc2ccccc2CN1)c1ccccc1. The highest BCUT2D eigenvalue weighted by Crippen LogP contribution is 2.17. The van der Waals surface area contributed by atoms with Gasteiger partial charge in [0.2, 0.25) is 5.91 Å². The lowest BCUT2D eigenvalue weighted by atomic mass is 9.95. The molecule has 2 N–H and O–H groups in total. The van der Waals surface area contributed by atoms with Crippen LogP contribution in [0.15, 0.2) is 54.6 Å². The van der Waals surface area contributed by atoms with Crippen molar-refractivity contribution >= 4 is 5.91 Å². The van der Waals surface area contributed by atoms with Crippen molar-refractivity contribution in [2.45, 2.75) is 32.0 Å². The van der Waals surface area contributed by atoms with E-state index in [1.54, 1.807) is 0 Å². The third-order valence-electron chi connectivity index (χ3n) is 4.06. The second-order valence-electron chi connectivity index (χ2n) is 5.55. The minimum absolute atomic E-state index is 0.0256. The first-order valence-corrected chi connectivity index (χ1v) is 7.39. The van der Waals surface area contributed by atoms with E-state index in [-0.39, 0.29) is 18.0 Å². The van der Waals surface area contributed by atoms with Crippen LogP contribution in [-0.4, -0.2) is 11.9 Å². The summed E-state index contributed by atoms with van der Waals surface area (Å²) in [6.45, 7) is 2.78. The minimum Gasteiger partial charge on any atom is -0.348 e. The average Bonchev–Trinajstić information content (AvgIpc) is 2.55. The fourth-order valence-corrected chi connectivity index (χ4v) is 2.78. The zero-order valence-electron chi connectivity index (χ0n) is 12.2. The zero-order chi connectivity index (χ0) is 14.7. The van der Waals surface area contributed by atoms with E-state index in [1.165, 1.54) is 11.1 Å². The molecule has 0 saturated carbocycles. The largest absolute Gasteiger partial charge is 0.348 e. The Balaban J connectivity index is 1.65. The molecule has 108 valence electrons. The van der Waals surface area contributed by atoms with Crippen LogP contribution in [0.4, 0.5) is 0 Å². The van der Waals surface area contributed by atoms with Gasteiger partial charge in [-0.3, -0.25) is 4.79 Å². The number of rotatable bonds is 3. The molecule has 0 radical (unpaired) electrons. The van der Waals surface area contributed by atoms with Crippen molar-refractivity contribution in [2.24, 2.45) is 0 Å². The highest BCUT2D eigenvalue weighted by molar-refractivity contribution is 5.82. The molecule has 3 nitrogen and oxygen atoms in total. The predicted molar refractivity (Wildman–Crippen MR) is 83.8 cm³/mol. The second kappa shape index (κ2) is 6.10. The Morgan fingerprint density at radius 2 is 1.76 bits per heavy atom. The second-order valence-corrected chi connectivity index (χ2v) is 5.55. The summed E-state index contributed by atoms with van der Waals surface area (Å²) < 4.78 is 0. The van der Waals surface area contributed by atoms with E-state index in [9.17, 15) is 4.79 Å². The van der Waals surface area contributed by atoms with E-state index < -0.39 is 0 Å². The number of fused-ring (bicyclic) bond motifs is 1. The van der Waals surface area contributed by atoms with Crippen LogP contribution in [0.3, 0.4) is 0 Å². The Hall–Kier alpha value is -2.13. The van der Waals surface area contributed by atoms with E-state index in [4.69, 9.17) is 0 Å². The normalized spacial score (nSPS) is 18.6. The summed E-state index contributed by atoms with van der Waals surface area (Å²) in [4.78, 5) is 12.4. The highest BCUT2D eigenvalue weighted by atomic mass is 16.2. The molecule has 2 atom stereocenters. The monoisotopic (exact) mass is 280 g/mol. The fourth-order valence-electron chi connectivity index (χ4n) is 2.78. The van der Waals surface area contributed by atoms with Crippen LogP contribution in [0.2, 0.25) is 0 Å². The van der Waals surface area contributed by atoms with Crippen molar-refractivity contribution in [1.82, 2.24) is 10.6 Å². The van der Waals surface area contributed by atoms with Crippen molar-refractivity contribution < 1.29 is 4.79 Å². The van der Waals surface area contributed by atoms with Gasteiger partial charge in [-0.2, -0.15) is 0 Å². The smallest absolute Gasteiger partial charge is 0.237 e. The molecular weight excluding hydrogens is 260 g/mol. The molecule has 0 bridgehead atoms. The summed E-state index contributed by atoms with van der Waals surface area (Å²) in [5.41, 5.74) is 3.68. The number of benzene rings is 2. The van der Waals surface area contributed by atoms with Gasteiger partial charge in [-0.25, -0.2) is 0 Å². The first-order valence-electron chi connectivity index (χ1n) is 7.39. The minimum atomic E-state index is -0.147. The molecule has 0 aliphatic carbocycles. The predicted octanol–water partition coefficient (Wildman–Crippen LogP) is 2.58. The van der Waals surface area contributed by atoms with Gasteiger partial charge < -0.3 is 10.6 Å². The molecule has 3 heteroatoms. The Labute approximate surface area is 125 Å². The average molecular weight is 280 g/mol. The molecule has 0 saturated heterocycles. The molecule has 1 unspecified atom stereocenters. The van der Waals surface area contributed by atoms with Crippen LogP contribution in [0, 0.1) is 0 Å². The van der Waals surface area contributed by atoms with E-state index >= 15 is 0 Å². The van der Waals surface area contributed by atoms with E-state index in [0.717, 1.165) is 18.5 Å². The molecule has 1 aliphatic heterocycles. The molecule has 1 amide bonds. The molecule has 2 aromatic carbocycles. The van der Waals surface area contributed by atoms with E-state index in [1.807, 2.05) is 49.4 Å². The van der Waals surface area contributed by atoms with E-state index in [2.05, 4.69) is 22.8 Å². The lowest BCUT2D eigenvalue weighted by Crippen LogP contribution is -2.48. The standard InChI is InChI=1S/C18H20N2O/c1-13(14-7-3-2-4-8-14)20-18(21)17-11-15-9-5-6-10-16(15)12-19-17/h2-10,13,17,19H,11-12H2,1H3,(H,20,21)/t13-,17?/m1/s1. The number of hydrogen-bond donors (Lipinski definition) is 2. The van der Waals surface area contributed by atoms with Gasteiger partial charge >= 0.3 is 0 Å². The van der Waals surface area contributed by atoms with Crippen molar-refractivity contribution in [3.05, 3.63) is 71.3 Å². The van der Waals surface area contributed by atoms with E-state index in [0.29, 0.717) is 0 Å². The van der Waals surface area contributed by atoms with Crippen LogP contribution in [0.1, 0.15) is 29.7 Å². The summed E-state index contributed by atoms with van der Waals surface area (Å²) in [5.74, 6) is 0.0702. The van der Waals surface area contributed by atoms with Crippen LogP contribution < -0.4 is 10.6 Å². The Bertz CT molecular complexity index is 624. The van der Waals surface area contributed by atoms with Gasteiger partial charge in [0, 0.05) is 6.54 Å². The Kier molecular flexibility index (Phi) is 4.02. The van der Waals surface area contributed by atoms with Crippen LogP contribution in [-0.2, 0) is 17.8 Å². The van der Waals surface area contributed by atoms with Gasteiger partial charge in [0.05, 0.1) is 12.1 Å². The number of nitrogens with one attached hydrogen (secondary N) is 2. The van der Waals surface area contributed by atoms with Crippen LogP contribution in [0.5, 0.6) is 0 Å². The molecule has 2 aromatic rings. The van der Waals surface area contributed by atoms with Gasteiger partial charge in [0.25, 0.3) is 0 Å². The molecule has 0 fully saturated rings. The number of carbonyl (C=O) groups excluding carboxylic acids is 1. The summed E-state index contributed by atoms with van der Waals surface area (Å²) in [5, 5.41) is 6.42. The van der Waals surface area contributed by atoms with Gasteiger partial charge in [0.1, 0.15) is 0 Å². The number of carbonyl (C=O) groups is 1. The Morgan fingerprint density at radius 1 is 1.10 bits per heavy atom. The molecule has 0 aromatic heterocycles. The number of hydrogen-bond acceptors (Lipinski definition) is 2. The zero-order valence-corrected chi connectivity index (χ0v) is 12.2. The van der Waals surface area contributed by atoms with Crippen molar-refractivity contribution in [3.8, 4) is 0 Å². The summed E-state index contributed by atoms with van der Waals surface area (Å²) >= 11 is 0. The number of amides is 1. The van der Waals surface area contributed by atoms with Gasteiger partial charge in [-0.05, 0) is 30.0 Å². The first-order chi connectivity index (χ1) is 10.2. The maximum Gasteiger partial charge on any atom is 0.237 e. The highest BCUT2D eigenvalue weighted by Gasteiger charge is 2.24. The van der Waals surface area contributed by atoms with Crippen molar-refractivity contribution in [2.75, 3.05) is 0 Å². The Morgan fingerprint density at radius 3 is 2.52 bits per heavy atom. The van der Waals surface area contributed by atoms with Crippen molar-refractivity contribution in [1.29, 1.82) is 0 Å². The summed E-state index contributed by atoms with van der Waals surface area (Å²) in [6, 6.07) is 18.2. The van der Waals surface area contributed by atoms with Crippen LogP contribution >= 0.6 is 0 Å². The molecule has 1 aliphatic rings. The molecule has 3 rings (SSSR count). The van der Waals surface area contributed by atoms with Gasteiger partial charge in [0.15, 0.2) is 0 Å². The van der Waals surface area contributed by atoms with Gasteiger partial charge in [-0.15, -0.1) is 0 Å². The van der Waals surface area contributed by atoms with Gasteiger partial charge in [-0.1, -0.05) is 54.6 Å². The third kappa shape index (κ3) is 3.14. The quantitative estimate of drug-likeness (QED) is 0.907. The molecule has 0 spiro atoms. The maximum absolute atomic E-state index is 12.4. The fraction of sp³-hybridized carbons (Fsp3) is 0.278. The lowest BCUT2D eigenvalue weighted by Gasteiger charge is -2.26. The third-order valence-corrected chi connectivity index (χ3v) is 4.06. The lowest BCUT2D eigenvalue weighted by molar-refractivity contribution is -0.124. The molecular formula is C18H20N2O. The molecule has 1 heterocycles. The first kappa shape index (κ1) is 13.8. The summed E-state index contributed by atoms with van der Waals surface area (Å²) in [7, 11) is 0. The molecule has 21 heavy (non-hydrogen) atoms.